The Morgan fingerprint density at radius 1 is 1.14 bits per heavy atom. The summed E-state index contributed by atoms with van der Waals surface area (Å²) in [6.45, 7) is 0. The van der Waals surface area contributed by atoms with Gasteiger partial charge in [0.1, 0.15) is 0 Å². The minimum absolute atomic E-state index is 0.527. The fourth-order valence-corrected chi connectivity index (χ4v) is 20.4. The van der Waals surface area contributed by atoms with E-state index in [4.69, 9.17) is 11.8 Å². The molecule has 1 aliphatic rings. The predicted octanol–water partition coefficient (Wildman–Crippen LogP) is 3.11. The fourth-order valence-electron chi connectivity index (χ4n) is 1.11. The Bertz CT molecular complexity index is 331. The molecule has 0 amide bonds. The summed E-state index contributed by atoms with van der Waals surface area (Å²) >= 11 is 10.5. The average Bonchev–Trinajstić information content (AvgIpc) is 2.19. The number of benzene rings is 1. The van der Waals surface area contributed by atoms with Crippen LogP contribution in [0.5, 0.6) is 0 Å². The molecule has 1 saturated heterocycles. The zero-order chi connectivity index (χ0) is 9.86. The van der Waals surface area contributed by atoms with Crippen LogP contribution < -0.4 is 4.46 Å². The Kier molecular flexibility index (Phi) is 4.49. The van der Waals surface area contributed by atoms with Crippen LogP contribution in [0.15, 0.2) is 30.3 Å². The van der Waals surface area contributed by atoms with Crippen molar-refractivity contribution in [2.24, 2.45) is 0 Å². The molecule has 0 radical (unpaired) electrons. The molecule has 1 aromatic rings. The summed E-state index contributed by atoms with van der Waals surface area (Å²) in [7, 11) is 0. The summed E-state index contributed by atoms with van der Waals surface area (Å²) in [5, 5.41) is 0. The van der Waals surface area contributed by atoms with Gasteiger partial charge in [-0.3, -0.25) is 0 Å². The topological polar surface area (TPSA) is 0 Å². The number of hydrogen-bond donors (Lipinski definition) is 0. The van der Waals surface area contributed by atoms with Crippen molar-refractivity contribution < 1.29 is 0 Å². The first-order valence-electron chi connectivity index (χ1n) is 4.42. The Labute approximate surface area is 104 Å². The standard InChI is InChI=1S/C9H11PS3Se/c11-10(12-7-4-8-13-10)14-9-5-2-1-3-6-9/h1-3,5-6H,4,7-8H2. The number of hydrogen-bond acceptors (Lipinski definition) is 3. The predicted molar refractivity (Wildman–Crippen MR) is 75.6 cm³/mol. The van der Waals surface area contributed by atoms with Crippen LogP contribution in [-0.4, -0.2) is 26.0 Å². The van der Waals surface area contributed by atoms with Crippen LogP contribution in [0.4, 0.5) is 0 Å². The van der Waals surface area contributed by atoms with Gasteiger partial charge in [-0.25, -0.2) is 0 Å². The van der Waals surface area contributed by atoms with E-state index in [0.29, 0.717) is 14.5 Å². The van der Waals surface area contributed by atoms with Crippen LogP contribution in [0.1, 0.15) is 6.42 Å². The maximum absolute atomic E-state index is 5.80. The summed E-state index contributed by atoms with van der Waals surface area (Å²) < 4.78 is 0.371. The Hall–Kier alpha value is 1.09. The molecule has 1 heterocycles. The molecule has 1 aliphatic heterocycles. The third-order valence-electron chi connectivity index (χ3n) is 1.75. The zero-order valence-corrected chi connectivity index (χ0v) is 12.6. The van der Waals surface area contributed by atoms with Gasteiger partial charge in [0.2, 0.25) is 0 Å². The van der Waals surface area contributed by atoms with E-state index >= 15 is 0 Å². The molecule has 0 bridgehead atoms. The van der Waals surface area contributed by atoms with Gasteiger partial charge in [-0.1, -0.05) is 0 Å². The first-order valence-corrected chi connectivity index (χ1v) is 13.5. The van der Waals surface area contributed by atoms with E-state index in [1.165, 1.54) is 22.4 Å². The van der Waals surface area contributed by atoms with Crippen molar-refractivity contribution in [3.05, 3.63) is 30.3 Å². The monoisotopic (exact) mass is 326 g/mol. The van der Waals surface area contributed by atoms with E-state index in [9.17, 15) is 0 Å². The van der Waals surface area contributed by atoms with Crippen molar-refractivity contribution in [1.82, 2.24) is 0 Å². The summed E-state index contributed by atoms with van der Waals surface area (Å²) in [6.07, 6.45) is 1.35. The Morgan fingerprint density at radius 3 is 2.43 bits per heavy atom. The van der Waals surface area contributed by atoms with Gasteiger partial charge in [0.25, 0.3) is 0 Å². The molecule has 5 heteroatoms. The van der Waals surface area contributed by atoms with Gasteiger partial charge in [0.15, 0.2) is 0 Å². The third kappa shape index (κ3) is 3.30. The van der Waals surface area contributed by atoms with Crippen molar-refractivity contribution >= 4 is 56.7 Å². The Morgan fingerprint density at radius 2 is 1.79 bits per heavy atom. The molecule has 0 nitrogen and oxygen atoms in total. The van der Waals surface area contributed by atoms with Gasteiger partial charge in [0.05, 0.1) is 0 Å². The molecule has 0 aromatic heterocycles. The summed E-state index contributed by atoms with van der Waals surface area (Å²) in [4.78, 5) is 0. The SMILES string of the molecule is S=P1([Se]c2ccccc2)SCCCS1. The van der Waals surface area contributed by atoms with Crippen molar-refractivity contribution in [3.8, 4) is 0 Å². The van der Waals surface area contributed by atoms with Gasteiger partial charge in [0, 0.05) is 0 Å². The van der Waals surface area contributed by atoms with Crippen LogP contribution in [0.25, 0.3) is 0 Å². The normalized spacial score (nSPS) is 20.6. The molecule has 0 saturated carbocycles. The summed E-state index contributed by atoms with van der Waals surface area (Å²) in [5.41, 5.74) is 0. The maximum atomic E-state index is 5.80. The fraction of sp³-hybridized carbons (Fsp3) is 0.333. The second-order valence-corrected chi connectivity index (χ2v) is 24.1. The third-order valence-corrected chi connectivity index (χ3v) is 21.3. The van der Waals surface area contributed by atoms with E-state index in [2.05, 4.69) is 53.1 Å². The quantitative estimate of drug-likeness (QED) is 0.606. The van der Waals surface area contributed by atoms with E-state index in [1.807, 2.05) is 0 Å². The minimum atomic E-state index is -1.11. The molecule has 76 valence electrons. The summed E-state index contributed by atoms with van der Waals surface area (Å²) in [5.74, 6) is 2.58. The van der Waals surface area contributed by atoms with Crippen molar-refractivity contribution in [3.63, 3.8) is 0 Å². The Balaban J connectivity index is 2.06. The van der Waals surface area contributed by atoms with Gasteiger partial charge in [-0.05, 0) is 0 Å². The van der Waals surface area contributed by atoms with Crippen LogP contribution in [-0.2, 0) is 11.8 Å². The van der Waals surface area contributed by atoms with Crippen molar-refractivity contribution in [2.45, 2.75) is 6.42 Å². The van der Waals surface area contributed by atoms with E-state index in [-0.39, 0.29) is 0 Å². The van der Waals surface area contributed by atoms with Gasteiger partial charge in [-0.2, -0.15) is 0 Å². The average molecular weight is 325 g/mol. The second-order valence-electron chi connectivity index (χ2n) is 2.87. The van der Waals surface area contributed by atoms with Crippen molar-refractivity contribution in [2.75, 3.05) is 11.5 Å². The van der Waals surface area contributed by atoms with Crippen LogP contribution in [0.2, 0.25) is 0 Å². The molecule has 0 N–H and O–H groups in total. The second kappa shape index (κ2) is 5.43. The molecular formula is C9H11PS3Se. The number of rotatable bonds is 2. The van der Waals surface area contributed by atoms with Gasteiger partial charge >= 0.3 is 105 Å². The van der Waals surface area contributed by atoms with Crippen molar-refractivity contribution in [1.29, 1.82) is 0 Å². The molecule has 2 rings (SSSR count). The van der Waals surface area contributed by atoms with E-state index in [1.54, 1.807) is 0 Å². The molecule has 0 spiro atoms. The van der Waals surface area contributed by atoms with E-state index < -0.39 is 3.13 Å². The van der Waals surface area contributed by atoms with Gasteiger partial charge < -0.3 is 0 Å². The van der Waals surface area contributed by atoms with E-state index in [0.717, 1.165) is 0 Å². The van der Waals surface area contributed by atoms with Gasteiger partial charge in [-0.15, -0.1) is 0 Å². The molecule has 0 aliphatic carbocycles. The molecule has 14 heavy (non-hydrogen) atoms. The summed E-state index contributed by atoms with van der Waals surface area (Å²) in [6, 6.07) is 10.8. The molecule has 1 fully saturated rings. The first kappa shape index (κ1) is 11.6. The molecule has 1 aromatic carbocycles. The van der Waals surface area contributed by atoms with Crippen LogP contribution >= 0.6 is 25.9 Å². The molecular weight excluding hydrogens is 314 g/mol. The van der Waals surface area contributed by atoms with Crippen LogP contribution in [0.3, 0.4) is 0 Å². The molecule has 0 atom stereocenters. The first-order chi connectivity index (χ1) is 6.79. The molecule has 0 unspecified atom stereocenters. The zero-order valence-electron chi connectivity index (χ0n) is 7.59. The van der Waals surface area contributed by atoms with Crippen LogP contribution in [0, 0.1) is 0 Å².